The van der Waals surface area contributed by atoms with E-state index in [4.69, 9.17) is 4.74 Å². The molecule has 0 atom stereocenters. The largest absolute Gasteiger partial charge is 0.383 e. The molecule has 0 spiro atoms. The van der Waals surface area contributed by atoms with E-state index >= 15 is 0 Å². The Kier molecular flexibility index (Phi) is 6.42. The Hall–Kier alpha value is -1.49. The summed E-state index contributed by atoms with van der Waals surface area (Å²) in [6.45, 7) is 5.00. The van der Waals surface area contributed by atoms with E-state index in [0.717, 1.165) is 12.8 Å². The van der Waals surface area contributed by atoms with E-state index in [9.17, 15) is 9.18 Å². The predicted molar refractivity (Wildman–Crippen MR) is 71.5 cm³/mol. The Morgan fingerprint density at radius 3 is 2.63 bits per heavy atom. The minimum absolute atomic E-state index is 0.118. The molecule has 5 heteroatoms. The van der Waals surface area contributed by atoms with Crippen molar-refractivity contribution in [3.8, 4) is 0 Å². The first-order chi connectivity index (χ1) is 9.13. The number of rotatable bonds is 7. The van der Waals surface area contributed by atoms with Gasteiger partial charge in [0.25, 0.3) is 5.91 Å². The molecule has 4 nitrogen and oxygen atoms in total. The highest BCUT2D eigenvalue weighted by atomic mass is 19.1. The van der Waals surface area contributed by atoms with Crippen LogP contribution in [-0.4, -0.2) is 42.1 Å². The van der Waals surface area contributed by atoms with Crippen LogP contribution >= 0.6 is 0 Å². The molecule has 1 heterocycles. The Morgan fingerprint density at radius 1 is 1.42 bits per heavy atom. The molecule has 0 bridgehead atoms. The lowest BCUT2D eigenvalue weighted by Crippen LogP contribution is -2.42. The quantitative estimate of drug-likeness (QED) is 0.714. The third kappa shape index (κ3) is 4.28. The fourth-order valence-corrected chi connectivity index (χ4v) is 2.04. The SMILES string of the molecule is CCC(CC)N(CCOC)C(=O)c1cccc(F)n1. The minimum atomic E-state index is -0.637. The van der Waals surface area contributed by atoms with Crippen LogP contribution in [0.15, 0.2) is 18.2 Å². The second-order valence-electron chi connectivity index (χ2n) is 4.31. The summed E-state index contributed by atoms with van der Waals surface area (Å²) in [6.07, 6.45) is 1.70. The first kappa shape index (κ1) is 15.6. The molecule has 0 aliphatic rings. The molecule has 0 saturated carbocycles. The summed E-state index contributed by atoms with van der Waals surface area (Å²) in [5, 5.41) is 0. The second kappa shape index (κ2) is 7.84. The standard InChI is InChI=1S/C14H21FN2O2/c1-4-11(5-2)17(9-10-19-3)14(18)12-7-6-8-13(15)16-12/h6-8,11H,4-5,9-10H2,1-3H3. The van der Waals surface area contributed by atoms with Crippen molar-refractivity contribution in [3.63, 3.8) is 0 Å². The highest BCUT2D eigenvalue weighted by Crippen LogP contribution is 2.12. The number of hydrogen-bond acceptors (Lipinski definition) is 3. The number of nitrogens with zero attached hydrogens (tertiary/aromatic N) is 2. The summed E-state index contributed by atoms with van der Waals surface area (Å²) in [6, 6.07) is 4.38. The predicted octanol–water partition coefficient (Wildman–Crippen LogP) is 2.50. The lowest BCUT2D eigenvalue weighted by atomic mass is 10.1. The number of halogens is 1. The summed E-state index contributed by atoms with van der Waals surface area (Å²) in [5.74, 6) is -0.882. The fraction of sp³-hybridized carbons (Fsp3) is 0.571. The molecule has 0 fully saturated rings. The van der Waals surface area contributed by atoms with Crippen molar-refractivity contribution in [1.29, 1.82) is 0 Å². The molecule has 0 radical (unpaired) electrons. The van der Waals surface area contributed by atoms with E-state index in [1.54, 1.807) is 12.0 Å². The van der Waals surface area contributed by atoms with Gasteiger partial charge in [0.15, 0.2) is 0 Å². The normalized spacial score (nSPS) is 10.8. The number of amides is 1. The van der Waals surface area contributed by atoms with Gasteiger partial charge in [-0.1, -0.05) is 19.9 Å². The van der Waals surface area contributed by atoms with Gasteiger partial charge < -0.3 is 9.64 Å². The van der Waals surface area contributed by atoms with Gasteiger partial charge in [0.2, 0.25) is 5.95 Å². The zero-order valence-corrected chi connectivity index (χ0v) is 11.7. The van der Waals surface area contributed by atoms with Gasteiger partial charge in [-0.15, -0.1) is 0 Å². The van der Waals surface area contributed by atoms with Crippen LogP contribution in [0.3, 0.4) is 0 Å². The van der Waals surface area contributed by atoms with Crippen LogP contribution in [0.1, 0.15) is 37.2 Å². The van der Waals surface area contributed by atoms with E-state index in [-0.39, 0.29) is 17.6 Å². The molecule has 0 N–H and O–H groups in total. The zero-order valence-electron chi connectivity index (χ0n) is 11.7. The molecule has 1 amide bonds. The molecule has 1 aromatic heterocycles. The summed E-state index contributed by atoms with van der Waals surface area (Å²) in [4.78, 5) is 17.8. The van der Waals surface area contributed by atoms with Gasteiger partial charge >= 0.3 is 0 Å². The first-order valence-corrected chi connectivity index (χ1v) is 6.56. The summed E-state index contributed by atoms with van der Waals surface area (Å²) in [7, 11) is 1.59. The van der Waals surface area contributed by atoms with Crippen molar-refractivity contribution < 1.29 is 13.9 Å². The monoisotopic (exact) mass is 268 g/mol. The van der Waals surface area contributed by atoms with Crippen LogP contribution in [0.4, 0.5) is 4.39 Å². The van der Waals surface area contributed by atoms with Gasteiger partial charge in [0.05, 0.1) is 6.61 Å². The van der Waals surface area contributed by atoms with Crippen LogP contribution in [-0.2, 0) is 4.74 Å². The van der Waals surface area contributed by atoms with Crippen LogP contribution < -0.4 is 0 Å². The molecular weight excluding hydrogens is 247 g/mol. The molecule has 0 aliphatic heterocycles. The molecule has 19 heavy (non-hydrogen) atoms. The minimum Gasteiger partial charge on any atom is -0.383 e. The molecule has 0 unspecified atom stereocenters. The summed E-state index contributed by atoms with van der Waals surface area (Å²) >= 11 is 0. The third-order valence-corrected chi connectivity index (χ3v) is 3.11. The van der Waals surface area contributed by atoms with Crippen LogP contribution in [0.25, 0.3) is 0 Å². The highest BCUT2D eigenvalue weighted by Gasteiger charge is 2.23. The van der Waals surface area contributed by atoms with E-state index < -0.39 is 5.95 Å². The Labute approximate surface area is 113 Å². The number of carbonyl (C=O) groups is 1. The Morgan fingerprint density at radius 2 is 2.11 bits per heavy atom. The summed E-state index contributed by atoms with van der Waals surface area (Å²) in [5.41, 5.74) is 0.142. The number of hydrogen-bond donors (Lipinski definition) is 0. The van der Waals surface area contributed by atoms with Gasteiger partial charge in [-0.3, -0.25) is 4.79 Å². The van der Waals surface area contributed by atoms with Crippen molar-refractivity contribution in [1.82, 2.24) is 9.88 Å². The number of carbonyl (C=O) groups excluding carboxylic acids is 1. The van der Waals surface area contributed by atoms with Crippen molar-refractivity contribution in [2.24, 2.45) is 0 Å². The van der Waals surface area contributed by atoms with Crippen LogP contribution in [0.5, 0.6) is 0 Å². The highest BCUT2D eigenvalue weighted by molar-refractivity contribution is 5.92. The van der Waals surface area contributed by atoms with Crippen molar-refractivity contribution in [2.45, 2.75) is 32.7 Å². The van der Waals surface area contributed by atoms with Crippen molar-refractivity contribution >= 4 is 5.91 Å². The number of pyridine rings is 1. The Bertz CT molecular complexity index is 408. The second-order valence-corrected chi connectivity index (χ2v) is 4.31. The topological polar surface area (TPSA) is 42.4 Å². The van der Waals surface area contributed by atoms with E-state index in [2.05, 4.69) is 4.98 Å². The molecule has 0 saturated heterocycles. The van der Waals surface area contributed by atoms with Crippen molar-refractivity contribution in [2.75, 3.05) is 20.3 Å². The average Bonchev–Trinajstić information content (AvgIpc) is 2.43. The first-order valence-electron chi connectivity index (χ1n) is 6.56. The smallest absolute Gasteiger partial charge is 0.272 e. The van der Waals surface area contributed by atoms with E-state index in [1.807, 2.05) is 13.8 Å². The van der Waals surface area contributed by atoms with E-state index in [0.29, 0.717) is 13.2 Å². The van der Waals surface area contributed by atoms with Gasteiger partial charge in [-0.2, -0.15) is 4.39 Å². The lowest BCUT2D eigenvalue weighted by Gasteiger charge is -2.30. The molecule has 0 aromatic carbocycles. The van der Waals surface area contributed by atoms with Gasteiger partial charge in [0.1, 0.15) is 5.69 Å². The number of methoxy groups -OCH3 is 1. The lowest BCUT2D eigenvalue weighted by molar-refractivity contribution is 0.0582. The van der Waals surface area contributed by atoms with Gasteiger partial charge in [-0.25, -0.2) is 4.98 Å². The molecular formula is C14H21FN2O2. The van der Waals surface area contributed by atoms with Gasteiger partial charge in [-0.05, 0) is 25.0 Å². The zero-order chi connectivity index (χ0) is 14.3. The van der Waals surface area contributed by atoms with Crippen molar-refractivity contribution in [3.05, 3.63) is 29.8 Å². The van der Waals surface area contributed by atoms with Crippen LogP contribution in [0.2, 0.25) is 0 Å². The van der Waals surface area contributed by atoms with E-state index in [1.165, 1.54) is 18.2 Å². The average molecular weight is 268 g/mol. The molecule has 106 valence electrons. The molecule has 0 aliphatic carbocycles. The molecule has 1 aromatic rings. The maximum atomic E-state index is 13.1. The summed E-state index contributed by atoms with van der Waals surface area (Å²) < 4.78 is 18.1. The number of aromatic nitrogens is 1. The Balaban J connectivity index is 2.92. The maximum Gasteiger partial charge on any atom is 0.272 e. The molecule has 1 rings (SSSR count). The number of ether oxygens (including phenoxy) is 1. The fourth-order valence-electron chi connectivity index (χ4n) is 2.04. The maximum absolute atomic E-state index is 13.1. The van der Waals surface area contributed by atoms with Crippen LogP contribution in [0, 0.1) is 5.95 Å². The third-order valence-electron chi connectivity index (χ3n) is 3.11. The van der Waals surface area contributed by atoms with Gasteiger partial charge in [0, 0.05) is 19.7 Å².